The average molecular weight is 1140 g/mol. The third kappa shape index (κ3) is 63.8. The molecule has 2 atom stereocenters. The van der Waals surface area contributed by atoms with Crippen LogP contribution >= 0.6 is 7.82 Å². The normalized spacial score (nSPS) is 13.9. The zero-order chi connectivity index (χ0) is 58.4. The second-order valence-electron chi connectivity index (χ2n) is 22.7. The van der Waals surface area contributed by atoms with Crippen LogP contribution in [-0.2, 0) is 32.7 Å². The van der Waals surface area contributed by atoms with Crippen LogP contribution in [-0.4, -0.2) is 70.0 Å². The predicted octanol–water partition coefficient (Wildman–Crippen LogP) is 20.3. The Morgan fingerprint density at radius 3 is 1.06 bits per heavy atom. The number of carbonyl (C=O) groups excluding carboxylic acids is 2. The van der Waals surface area contributed by atoms with Gasteiger partial charge in [0.05, 0.1) is 27.7 Å². The fourth-order valence-corrected chi connectivity index (χ4v) is 9.51. The number of phosphoric ester groups is 1. The van der Waals surface area contributed by atoms with Crippen molar-refractivity contribution in [2.24, 2.45) is 0 Å². The van der Waals surface area contributed by atoms with E-state index in [1.807, 2.05) is 21.1 Å². The summed E-state index contributed by atoms with van der Waals surface area (Å²) in [6.07, 6.45) is 84.3. The predicted molar refractivity (Wildman–Crippen MR) is 342 cm³/mol. The molecule has 0 bridgehead atoms. The molecule has 0 spiro atoms. The highest BCUT2D eigenvalue weighted by Crippen LogP contribution is 2.38. The van der Waals surface area contributed by atoms with Crippen LogP contribution in [0.25, 0.3) is 0 Å². The number of quaternary nitrogens is 1. The molecule has 0 aromatic carbocycles. The number of hydrogen-bond donors (Lipinski definition) is 0. The van der Waals surface area contributed by atoms with Gasteiger partial charge in [-0.1, -0.05) is 264 Å². The van der Waals surface area contributed by atoms with Crippen LogP contribution in [0.1, 0.15) is 271 Å². The van der Waals surface area contributed by atoms with Crippen molar-refractivity contribution < 1.29 is 42.1 Å². The van der Waals surface area contributed by atoms with E-state index in [-0.39, 0.29) is 32.0 Å². The minimum absolute atomic E-state index is 0.0363. The van der Waals surface area contributed by atoms with Crippen LogP contribution in [0.3, 0.4) is 0 Å². The highest BCUT2D eigenvalue weighted by molar-refractivity contribution is 7.45. The molecule has 0 rings (SSSR count). The lowest BCUT2D eigenvalue weighted by atomic mass is 10.0. The number of unbranched alkanes of at least 4 members (excludes halogenated alkanes) is 27. The maximum atomic E-state index is 12.8. The summed E-state index contributed by atoms with van der Waals surface area (Å²) in [5, 5.41) is 0. The van der Waals surface area contributed by atoms with Gasteiger partial charge in [0.15, 0.2) is 6.10 Å². The fourth-order valence-electron chi connectivity index (χ4n) is 8.79. The molecule has 0 saturated carbocycles. The van der Waals surface area contributed by atoms with E-state index in [1.54, 1.807) is 0 Å². The number of rotatable bonds is 59. The Balaban J connectivity index is 4.13. The molecule has 10 heteroatoms. The number of phosphoric acid groups is 1. The first-order chi connectivity index (χ1) is 39.0. The van der Waals surface area contributed by atoms with Crippen LogP contribution in [0.15, 0.2) is 109 Å². The molecule has 0 saturated heterocycles. The van der Waals surface area contributed by atoms with E-state index in [1.165, 1.54) is 141 Å². The second-order valence-corrected chi connectivity index (χ2v) is 24.2. The lowest BCUT2D eigenvalue weighted by Crippen LogP contribution is -2.37. The average Bonchev–Trinajstić information content (AvgIpc) is 3.42. The van der Waals surface area contributed by atoms with E-state index in [9.17, 15) is 19.0 Å². The molecular formula is C70H122NO8P. The summed E-state index contributed by atoms with van der Waals surface area (Å²) in [5.74, 6) is -0.840. The highest BCUT2D eigenvalue weighted by atomic mass is 31.2. The molecule has 0 aromatic heterocycles. The Hall–Kier alpha value is -3.33. The van der Waals surface area contributed by atoms with Gasteiger partial charge in [-0.15, -0.1) is 0 Å². The third-order valence-corrected chi connectivity index (χ3v) is 14.7. The quantitative estimate of drug-likeness (QED) is 0.0195. The van der Waals surface area contributed by atoms with Crippen LogP contribution in [0.2, 0.25) is 0 Å². The number of nitrogens with zero attached hydrogens (tertiary/aromatic N) is 1. The van der Waals surface area contributed by atoms with Crippen LogP contribution < -0.4 is 4.89 Å². The Morgan fingerprint density at radius 1 is 0.400 bits per heavy atom. The zero-order valence-electron chi connectivity index (χ0n) is 52.2. The maximum absolute atomic E-state index is 12.8. The van der Waals surface area contributed by atoms with E-state index < -0.39 is 26.5 Å². The van der Waals surface area contributed by atoms with E-state index in [4.69, 9.17) is 18.5 Å². The molecule has 0 fully saturated rings. The molecule has 0 N–H and O–H groups in total. The summed E-state index contributed by atoms with van der Waals surface area (Å²) in [7, 11) is 1.16. The lowest BCUT2D eigenvalue weighted by molar-refractivity contribution is -0.870. The van der Waals surface area contributed by atoms with Crippen molar-refractivity contribution >= 4 is 19.8 Å². The molecule has 0 aliphatic rings. The lowest BCUT2D eigenvalue weighted by Gasteiger charge is -2.28. The summed E-state index contributed by atoms with van der Waals surface area (Å²) in [5.41, 5.74) is 0. The Morgan fingerprint density at radius 2 is 0.713 bits per heavy atom. The molecule has 0 radical (unpaired) electrons. The zero-order valence-corrected chi connectivity index (χ0v) is 53.1. The van der Waals surface area contributed by atoms with Crippen molar-refractivity contribution in [1.29, 1.82) is 0 Å². The van der Waals surface area contributed by atoms with Crippen molar-refractivity contribution in [3.8, 4) is 0 Å². The first-order valence-corrected chi connectivity index (χ1v) is 34.1. The molecule has 0 amide bonds. The molecule has 0 heterocycles. The van der Waals surface area contributed by atoms with Crippen molar-refractivity contribution in [2.45, 2.75) is 277 Å². The topological polar surface area (TPSA) is 111 Å². The fraction of sp³-hybridized carbons (Fsp3) is 0.714. The third-order valence-electron chi connectivity index (χ3n) is 13.8. The van der Waals surface area contributed by atoms with Gasteiger partial charge in [-0.25, -0.2) is 0 Å². The summed E-state index contributed by atoms with van der Waals surface area (Å²) >= 11 is 0. The highest BCUT2D eigenvalue weighted by Gasteiger charge is 2.22. The summed E-state index contributed by atoms with van der Waals surface area (Å²) < 4.78 is 34.3. The SMILES string of the molecule is CC/C=C\C/C=C\C/C=C\C/C=C\C/C=C\C/C=C\CCCCCCCCCCCCCCC(=O)OC(COC(=O)CCCCCCCCCCCC/C=C\C/C=C\C/C=C\CCCCCCC)COP(=O)([O-])OCC[N+](C)(C)C. The molecule has 9 nitrogen and oxygen atoms in total. The van der Waals surface area contributed by atoms with Crippen molar-refractivity contribution in [1.82, 2.24) is 0 Å². The van der Waals surface area contributed by atoms with Crippen molar-refractivity contribution in [2.75, 3.05) is 47.5 Å². The number of ether oxygens (including phenoxy) is 2. The van der Waals surface area contributed by atoms with Gasteiger partial charge in [0.2, 0.25) is 0 Å². The number of carbonyl (C=O) groups is 2. The van der Waals surface area contributed by atoms with Gasteiger partial charge in [0.1, 0.15) is 19.8 Å². The number of allylic oxidation sites excluding steroid dienone is 18. The number of hydrogen-bond acceptors (Lipinski definition) is 8. The molecular weight excluding hydrogens is 1010 g/mol. The van der Waals surface area contributed by atoms with Crippen LogP contribution in [0, 0.1) is 0 Å². The Labute approximate surface area is 493 Å². The van der Waals surface area contributed by atoms with Crippen LogP contribution in [0.4, 0.5) is 0 Å². The van der Waals surface area contributed by atoms with E-state index in [0.29, 0.717) is 17.4 Å². The first kappa shape index (κ1) is 76.7. The minimum Gasteiger partial charge on any atom is -0.756 e. The van der Waals surface area contributed by atoms with Gasteiger partial charge in [-0.3, -0.25) is 14.2 Å². The summed E-state index contributed by atoms with van der Waals surface area (Å²) in [6.45, 7) is 4.12. The van der Waals surface area contributed by atoms with Crippen LogP contribution in [0.5, 0.6) is 0 Å². The van der Waals surface area contributed by atoms with Gasteiger partial charge in [0, 0.05) is 12.8 Å². The summed E-state index contributed by atoms with van der Waals surface area (Å²) in [4.78, 5) is 38.0. The largest absolute Gasteiger partial charge is 0.756 e. The van der Waals surface area contributed by atoms with Gasteiger partial charge in [-0.2, -0.15) is 0 Å². The van der Waals surface area contributed by atoms with E-state index in [2.05, 4.69) is 123 Å². The Bertz CT molecular complexity index is 1720. The number of esters is 2. The van der Waals surface area contributed by atoms with Gasteiger partial charge >= 0.3 is 11.9 Å². The minimum atomic E-state index is -4.65. The summed E-state index contributed by atoms with van der Waals surface area (Å²) in [6, 6.07) is 0. The molecule has 0 aromatic rings. The van der Waals surface area contributed by atoms with Crippen molar-refractivity contribution in [3.63, 3.8) is 0 Å². The van der Waals surface area contributed by atoms with Gasteiger partial charge < -0.3 is 27.9 Å². The Kier molecular flexibility index (Phi) is 57.8. The molecule has 2 unspecified atom stereocenters. The standard InChI is InChI=1S/C70H122NO8P/c1-6-8-10-12-14-16-18-20-22-24-26-28-30-32-33-34-35-36-37-39-41-43-45-47-49-51-53-55-57-59-61-63-70(73)79-68(67-78-80(74,75)77-65-64-71(3,4)5)66-76-69(72)62-60-58-56-54-52-50-48-46-44-42-40-38-31-29-27-25-23-21-19-17-15-13-11-9-7-2/h8,10,14,16,19-22,25-28,31-33,35-36,38,68H,6-7,9,11-13,15,17-18,23-24,29-30,34,37,39-67H2,1-5H3/b10-8-,16-14-,21-19-,22-20-,27-25-,28-26-,33-32-,36-35-,38-31-. The molecule has 80 heavy (non-hydrogen) atoms. The number of likely N-dealkylation sites (N-methyl/N-ethyl adjacent to an activating group) is 1. The van der Waals surface area contributed by atoms with E-state index in [0.717, 1.165) is 96.3 Å². The van der Waals surface area contributed by atoms with Gasteiger partial charge in [-0.05, 0) is 103 Å². The molecule has 0 aliphatic carbocycles. The van der Waals surface area contributed by atoms with E-state index >= 15 is 0 Å². The van der Waals surface area contributed by atoms with Gasteiger partial charge in [0.25, 0.3) is 7.82 Å². The second kappa shape index (κ2) is 60.3. The van der Waals surface area contributed by atoms with Crippen molar-refractivity contribution in [3.05, 3.63) is 109 Å². The molecule has 0 aliphatic heterocycles. The maximum Gasteiger partial charge on any atom is 0.306 e. The molecule has 460 valence electrons. The smallest absolute Gasteiger partial charge is 0.306 e. The monoisotopic (exact) mass is 1140 g/mol. The first-order valence-electron chi connectivity index (χ1n) is 32.6.